The number of nitrogens with two attached hydrogens (primary N) is 1. The molecule has 0 bridgehead atoms. The molecule has 0 saturated heterocycles. The van der Waals surface area contributed by atoms with Crippen LogP contribution in [0.25, 0.3) is 0 Å². The molecule has 2 atom stereocenters. The Morgan fingerprint density at radius 2 is 2.11 bits per heavy atom. The van der Waals surface area contributed by atoms with E-state index in [0.29, 0.717) is 31.6 Å². The van der Waals surface area contributed by atoms with Crippen molar-refractivity contribution in [2.45, 2.75) is 58.0 Å². The smallest absolute Gasteiger partial charge is 0.224 e. The zero-order valence-corrected chi connectivity index (χ0v) is 12.6. The van der Waals surface area contributed by atoms with E-state index < -0.39 is 0 Å². The molecular formula is C15H30N2O2. The van der Waals surface area contributed by atoms with Gasteiger partial charge in [-0.1, -0.05) is 26.2 Å². The Balaban J connectivity index is 2.19. The Kier molecular flexibility index (Phi) is 8.07. The Morgan fingerprint density at radius 3 is 2.79 bits per heavy atom. The SMILES string of the molecule is CCC1CCCCC1OCCC(=O)N(C)CCCN. The fraction of sp³-hybridized carbons (Fsp3) is 0.933. The highest BCUT2D eigenvalue weighted by Crippen LogP contribution is 2.29. The van der Waals surface area contributed by atoms with Gasteiger partial charge in [-0.3, -0.25) is 4.79 Å². The van der Waals surface area contributed by atoms with E-state index in [9.17, 15) is 4.79 Å². The maximum absolute atomic E-state index is 11.8. The van der Waals surface area contributed by atoms with E-state index in [0.717, 1.165) is 19.4 Å². The monoisotopic (exact) mass is 270 g/mol. The zero-order valence-electron chi connectivity index (χ0n) is 12.6. The maximum Gasteiger partial charge on any atom is 0.224 e. The van der Waals surface area contributed by atoms with Crippen LogP contribution in [0.3, 0.4) is 0 Å². The van der Waals surface area contributed by atoms with E-state index in [4.69, 9.17) is 10.5 Å². The second-order valence-corrected chi connectivity index (χ2v) is 5.57. The number of hydrogen-bond acceptors (Lipinski definition) is 3. The van der Waals surface area contributed by atoms with Gasteiger partial charge in [-0.15, -0.1) is 0 Å². The molecule has 0 spiro atoms. The first-order chi connectivity index (χ1) is 9.19. The summed E-state index contributed by atoms with van der Waals surface area (Å²) in [6, 6.07) is 0. The molecule has 4 nitrogen and oxygen atoms in total. The van der Waals surface area contributed by atoms with E-state index in [2.05, 4.69) is 6.92 Å². The number of ether oxygens (including phenoxy) is 1. The molecule has 1 saturated carbocycles. The van der Waals surface area contributed by atoms with Crippen LogP contribution < -0.4 is 5.73 Å². The van der Waals surface area contributed by atoms with Gasteiger partial charge < -0.3 is 15.4 Å². The number of amides is 1. The zero-order chi connectivity index (χ0) is 14.1. The van der Waals surface area contributed by atoms with Crippen LogP contribution in [0.15, 0.2) is 0 Å². The molecule has 1 rings (SSSR count). The molecule has 19 heavy (non-hydrogen) atoms. The lowest BCUT2D eigenvalue weighted by Gasteiger charge is -2.30. The summed E-state index contributed by atoms with van der Waals surface area (Å²) >= 11 is 0. The van der Waals surface area contributed by atoms with Crippen molar-refractivity contribution in [1.29, 1.82) is 0 Å². The van der Waals surface area contributed by atoms with Gasteiger partial charge in [-0.25, -0.2) is 0 Å². The van der Waals surface area contributed by atoms with Crippen molar-refractivity contribution in [3.8, 4) is 0 Å². The van der Waals surface area contributed by atoms with Gasteiger partial charge in [0.05, 0.1) is 19.1 Å². The molecule has 1 aliphatic rings. The van der Waals surface area contributed by atoms with Crippen molar-refractivity contribution in [2.75, 3.05) is 26.7 Å². The molecule has 0 aromatic carbocycles. The molecule has 4 heteroatoms. The number of carbonyl (C=O) groups is 1. The number of carbonyl (C=O) groups excluding carboxylic acids is 1. The summed E-state index contributed by atoms with van der Waals surface area (Å²) in [6.07, 6.45) is 7.97. The van der Waals surface area contributed by atoms with Crippen LogP contribution >= 0.6 is 0 Å². The van der Waals surface area contributed by atoms with Crippen molar-refractivity contribution in [3.63, 3.8) is 0 Å². The van der Waals surface area contributed by atoms with Crippen LogP contribution in [0.5, 0.6) is 0 Å². The van der Waals surface area contributed by atoms with Crippen LogP contribution in [0.1, 0.15) is 51.9 Å². The van der Waals surface area contributed by atoms with Crippen LogP contribution in [0, 0.1) is 5.92 Å². The number of nitrogens with zero attached hydrogens (tertiary/aromatic N) is 1. The predicted molar refractivity (Wildman–Crippen MR) is 77.9 cm³/mol. The van der Waals surface area contributed by atoms with Crippen molar-refractivity contribution in [1.82, 2.24) is 4.90 Å². The quantitative estimate of drug-likeness (QED) is 0.735. The standard InChI is InChI=1S/C15H30N2O2/c1-3-13-7-4-5-8-14(13)19-12-9-15(18)17(2)11-6-10-16/h13-14H,3-12,16H2,1-2H3. The molecule has 0 radical (unpaired) electrons. The summed E-state index contributed by atoms with van der Waals surface area (Å²) in [7, 11) is 1.84. The summed E-state index contributed by atoms with van der Waals surface area (Å²) in [5, 5.41) is 0. The molecule has 1 fully saturated rings. The molecule has 112 valence electrons. The van der Waals surface area contributed by atoms with E-state index in [1.807, 2.05) is 7.05 Å². The van der Waals surface area contributed by atoms with Crippen molar-refractivity contribution in [2.24, 2.45) is 11.7 Å². The average Bonchev–Trinajstić information content (AvgIpc) is 2.45. The third-order valence-corrected chi connectivity index (χ3v) is 4.13. The third-order valence-electron chi connectivity index (χ3n) is 4.13. The molecule has 0 heterocycles. The van der Waals surface area contributed by atoms with Gasteiger partial charge >= 0.3 is 0 Å². The molecule has 2 N–H and O–H groups in total. The van der Waals surface area contributed by atoms with Crippen LogP contribution in [0.4, 0.5) is 0 Å². The Hall–Kier alpha value is -0.610. The lowest BCUT2D eigenvalue weighted by molar-refractivity contribution is -0.132. The lowest BCUT2D eigenvalue weighted by atomic mass is 9.85. The molecule has 0 aromatic heterocycles. The highest BCUT2D eigenvalue weighted by atomic mass is 16.5. The summed E-state index contributed by atoms with van der Waals surface area (Å²) in [6.45, 7) is 4.18. The topological polar surface area (TPSA) is 55.6 Å². The van der Waals surface area contributed by atoms with E-state index in [-0.39, 0.29) is 5.91 Å². The van der Waals surface area contributed by atoms with Gasteiger partial charge in [0, 0.05) is 13.6 Å². The molecule has 1 amide bonds. The van der Waals surface area contributed by atoms with Crippen molar-refractivity contribution in [3.05, 3.63) is 0 Å². The molecular weight excluding hydrogens is 240 g/mol. The van der Waals surface area contributed by atoms with Crippen LogP contribution in [-0.2, 0) is 9.53 Å². The summed E-state index contributed by atoms with van der Waals surface area (Å²) in [5.74, 6) is 0.858. The first-order valence-electron chi connectivity index (χ1n) is 7.74. The third kappa shape index (κ3) is 5.91. The van der Waals surface area contributed by atoms with Gasteiger partial charge in [-0.2, -0.15) is 0 Å². The Morgan fingerprint density at radius 1 is 1.37 bits per heavy atom. The fourth-order valence-electron chi connectivity index (χ4n) is 2.80. The van der Waals surface area contributed by atoms with E-state index in [1.54, 1.807) is 4.90 Å². The fourth-order valence-corrected chi connectivity index (χ4v) is 2.80. The molecule has 1 aliphatic carbocycles. The highest BCUT2D eigenvalue weighted by Gasteiger charge is 2.24. The second-order valence-electron chi connectivity index (χ2n) is 5.57. The number of hydrogen-bond donors (Lipinski definition) is 1. The minimum atomic E-state index is 0.164. The minimum Gasteiger partial charge on any atom is -0.377 e. The highest BCUT2D eigenvalue weighted by molar-refractivity contribution is 5.75. The summed E-state index contributed by atoms with van der Waals surface area (Å²) in [4.78, 5) is 13.6. The lowest BCUT2D eigenvalue weighted by Crippen LogP contribution is -2.32. The van der Waals surface area contributed by atoms with Gasteiger partial charge in [0.2, 0.25) is 5.91 Å². The van der Waals surface area contributed by atoms with Crippen LogP contribution in [-0.4, -0.2) is 43.7 Å². The Bertz CT molecular complexity index is 259. The van der Waals surface area contributed by atoms with Gasteiger partial charge in [0.15, 0.2) is 0 Å². The van der Waals surface area contributed by atoms with Gasteiger partial charge in [-0.05, 0) is 31.7 Å². The number of rotatable bonds is 8. The summed E-state index contributed by atoms with van der Waals surface area (Å²) < 4.78 is 5.94. The van der Waals surface area contributed by atoms with Crippen molar-refractivity contribution >= 4 is 5.91 Å². The molecule has 0 aliphatic heterocycles. The molecule has 2 unspecified atom stereocenters. The molecule has 0 aromatic rings. The maximum atomic E-state index is 11.8. The predicted octanol–water partition coefficient (Wildman–Crippen LogP) is 2.17. The second kappa shape index (κ2) is 9.32. The first-order valence-corrected chi connectivity index (χ1v) is 7.74. The first kappa shape index (κ1) is 16.4. The van der Waals surface area contributed by atoms with Crippen LogP contribution in [0.2, 0.25) is 0 Å². The Labute approximate surface area is 117 Å². The van der Waals surface area contributed by atoms with E-state index in [1.165, 1.54) is 25.7 Å². The van der Waals surface area contributed by atoms with Gasteiger partial charge in [0.25, 0.3) is 0 Å². The average molecular weight is 270 g/mol. The summed E-state index contributed by atoms with van der Waals surface area (Å²) in [5.41, 5.74) is 5.44. The van der Waals surface area contributed by atoms with Crippen molar-refractivity contribution < 1.29 is 9.53 Å². The van der Waals surface area contributed by atoms with Gasteiger partial charge in [0.1, 0.15) is 0 Å². The largest absolute Gasteiger partial charge is 0.377 e. The van der Waals surface area contributed by atoms with E-state index >= 15 is 0 Å². The normalized spacial score (nSPS) is 23.3. The minimum absolute atomic E-state index is 0.164.